The van der Waals surface area contributed by atoms with E-state index in [0.717, 1.165) is 5.69 Å². The summed E-state index contributed by atoms with van der Waals surface area (Å²) in [6.45, 7) is 0.387. The number of hydrogen-bond donors (Lipinski definition) is 3. The number of para-hydroxylation sites is 1. The maximum absolute atomic E-state index is 12.0. The second kappa shape index (κ2) is 5.79. The van der Waals surface area contributed by atoms with Crippen LogP contribution in [0.3, 0.4) is 0 Å². The summed E-state index contributed by atoms with van der Waals surface area (Å²) in [6.07, 6.45) is 1.69. The van der Waals surface area contributed by atoms with Gasteiger partial charge in [-0.25, -0.2) is 0 Å². The molecule has 0 aliphatic rings. The number of nitrogens with zero attached hydrogens (tertiary/aromatic N) is 1. The Hall–Kier alpha value is -2.40. The van der Waals surface area contributed by atoms with Crippen molar-refractivity contribution in [3.05, 3.63) is 59.9 Å². The van der Waals surface area contributed by atoms with Crippen LogP contribution in [-0.4, -0.2) is 10.9 Å². The van der Waals surface area contributed by atoms with Crippen molar-refractivity contribution in [3.63, 3.8) is 0 Å². The Bertz CT molecular complexity index is 528. The first-order valence-electron chi connectivity index (χ1n) is 5.55. The third kappa shape index (κ3) is 2.83. The smallest absolute Gasteiger partial charge is 0.253 e. The van der Waals surface area contributed by atoms with Crippen LogP contribution < -0.4 is 16.6 Å². The lowest BCUT2D eigenvalue weighted by atomic mass is 10.1. The fourth-order valence-corrected chi connectivity index (χ4v) is 1.58. The molecule has 0 fully saturated rings. The number of carbonyl (C=O) groups excluding carboxylic acids is 1. The fourth-order valence-electron chi connectivity index (χ4n) is 1.58. The standard InChI is InChI=1S/C13H14N4O/c14-17-12-7-2-1-6-11(12)13(18)16-9-10-5-3-4-8-15-10/h1-8,17H,9,14H2,(H,16,18). The molecular formula is C13H14N4O. The minimum absolute atomic E-state index is 0.186. The van der Waals surface area contributed by atoms with E-state index in [0.29, 0.717) is 17.8 Å². The second-order valence-electron chi connectivity index (χ2n) is 3.69. The van der Waals surface area contributed by atoms with Gasteiger partial charge in [-0.2, -0.15) is 0 Å². The SMILES string of the molecule is NNc1ccccc1C(=O)NCc1ccccn1. The molecule has 18 heavy (non-hydrogen) atoms. The molecule has 2 aromatic rings. The van der Waals surface area contributed by atoms with E-state index in [-0.39, 0.29) is 5.91 Å². The molecular weight excluding hydrogens is 228 g/mol. The average molecular weight is 242 g/mol. The zero-order chi connectivity index (χ0) is 12.8. The molecule has 0 saturated carbocycles. The maximum atomic E-state index is 12.0. The molecule has 0 spiro atoms. The molecule has 0 aliphatic heterocycles. The Labute approximate surface area is 105 Å². The molecule has 0 atom stereocenters. The Balaban J connectivity index is 2.04. The van der Waals surface area contributed by atoms with Crippen molar-refractivity contribution in [2.45, 2.75) is 6.54 Å². The number of aromatic nitrogens is 1. The van der Waals surface area contributed by atoms with Gasteiger partial charge in [0.1, 0.15) is 0 Å². The van der Waals surface area contributed by atoms with Gasteiger partial charge < -0.3 is 10.7 Å². The third-order valence-corrected chi connectivity index (χ3v) is 2.48. The lowest BCUT2D eigenvalue weighted by molar-refractivity contribution is 0.0951. The fraction of sp³-hybridized carbons (Fsp3) is 0.0769. The van der Waals surface area contributed by atoms with Gasteiger partial charge in [-0.15, -0.1) is 0 Å². The van der Waals surface area contributed by atoms with Crippen LogP contribution in [0.2, 0.25) is 0 Å². The lowest BCUT2D eigenvalue weighted by Crippen LogP contribution is -2.25. The molecule has 1 amide bonds. The van der Waals surface area contributed by atoms with Crippen LogP contribution in [0.15, 0.2) is 48.7 Å². The van der Waals surface area contributed by atoms with E-state index in [2.05, 4.69) is 15.7 Å². The van der Waals surface area contributed by atoms with E-state index in [9.17, 15) is 4.79 Å². The normalized spacial score (nSPS) is 9.83. The van der Waals surface area contributed by atoms with Crippen LogP contribution in [0.4, 0.5) is 5.69 Å². The van der Waals surface area contributed by atoms with E-state index >= 15 is 0 Å². The topological polar surface area (TPSA) is 80.0 Å². The summed E-state index contributed by atoms with van der Waals surface area (Å²) in [6, 6.07) is 12.6. The Morgan fingerprint density at radius 1 is 1.17 bits per heavy atom. The number of hydrogen-bond acceptors (Lipinski definition) is 4. The highest BCUT2D eigenvalue weighted by molar-refractivity contribution is 5.99. The molecule has 4 N–H and O–H groups in total. The quantitative estimate of drug-likeness (QED) is 0.557. The number of nitrogen functional groups attached to an aromatic ring is 1. The van der Waals surface area contributed by atoms with Crippen LogP contribution in [0.5, 0.6) is 0 Å². The molecule has 1 heterocycles. The van der Waals surface area contributed by atoms with Crippen molar-refractivity contribution in [2.24, 2.45) is 5.84 Å². The monoisotopic (exact) mass is 242 g/mol. The summed E-state index contributed by atoms with van der Waals surface area (Å²) in [7, 11) is 0. The Morgan fingerprint density at radius 3 is 2.67 bits per heavy atom. The third-order valence-electron chi connectivity index (χ3n) is 2.48. The highest BCUT2D eigenvalue weighted by Gasteiger charge is 2.09. The van der Waals surface area contributed by atoms with Crippen molar-refractivity contribution in [2.75, 3.05) is 5.43 Å². The number of amides is 1. The predicted molar refractivity (Wildman–Crippen MR) is 69.7 cm³/mol. The molecule has 0 unspecified atom stereocenters. The van der Waals surface area contributed by atoms with E-state index < -0.39 is 0 Å². The van der Waals surface area contributed by atoms with Crippen molar-refractivity contribution < 1.29 is 4.79 Å². The largest absolute Gasteiger partial charge is 0.346 e. The number of pyridine rings is 1. The summed E-state index contributed by atoms with van der Waals surface area (Å²) < 4.78 is 0. The molecule has 1 aromatic heterocycles. The highest BCUT2D eigenvalue weighted by atomic mass is 16.1. The van der Waals surface area contributed by atoms with E-state index in [1.54, 1.807) is 24.4 Å². The molecule has 1 aromatic carbocycles. The van der Waals surface area contributed by atoms with Gasteiger partial charge in [0.2, 0.25) is 0 Å². The van der Waals surface area contributed by atoms with Gasteiger partial charge in [0.25, 0.3) is 5.91 Å². The van der Waals surface area contributed by atoms with E-state index in [1.807, 2.05) is 24.3 Å². The minimum atomic E-state index is -0.186. The van der Waals surface area contributed by atoms with Crippen molar-refractivity contribution >= 4 is 11.6 Å². The Kier molecular flexibility index (Phi) is 3.88. The molecule has 92 valence electrons. The van der Waals surface area contributed by atoms with Crippen LogP contribution in [-0.2, 0) is 6.54 Å². The number of carbonyl (C=O) groups is 1. The predicted octanol–water partition coefficient (Wildman–Crippen LogP) is 1.30. The molecule has 5 nitrogen and oxygen atoms in total. The second-order valence-corrected chi connectivity index (χ2v) is 3.69. The summed E-state index contributed by atoms with van der Waals surface area (Å²) in [4.78, 5) is 16.1. The van der Waals surface area contributed by atoms with Crippen LogP contribution >= 0.6 is 0 Å². The van der Waals surface area contributed by atoms with Crippen molar-refractivity contribution in [1.82, 2.24) is 10.3 Å². The van der Waals surface area contributed by atoms with E-state index in [4.69, 9.17) is 5.84 Å². The summed E-state index contributed by atoms with van der Waals surface area (Å²) in [5.41, 5.74) is 4.41. The summed E-state index contributed by atoms with van der Waals surface area (Å²) in [5.74, 6) is 5.17. The number of nitrogens with two attached hydrogens (primary N) is 1. The first-order valence-corrected chi connectivity index (χ1v) is 5.55. The summed E-state index contributed by atoms with van der Waals surface area (Å²) >= 11 is 0. The van der Waals surface area contributed by atoms with Crippen LogP contribution in [0.1, 0.15) is 16.1 Å². The minimum Gasteiger partial charge on any atom is -0.346 e. The molecule has 0 saturated heterocycles. The molecule has 2 rings (SSSR count). The zero-order valence-electron chi connectivity index (χ0n) is 9.76. The van der Waals surface area contributed by atoms with Gasteiger partial charge in [0.05, 0.1) is 23.5 Å². The molecule has 0 aliphatic carbocycles. The average Bonchev–Trinajstić information content (AvgIpc) is 2.45. The number of hydrazine groups is 1. The zero-order valence-corrected chi connectivity index (χ0v) is 9.76. The molecule has 0 bridgehead atoms. The molecule has 5 heteroatoms. The number of anilines is 1. The lowest BCUT2D eigenvalue weighted by Gasteiger charge is -2.09. The number of rotatable bonds is 4. The van der Waals surface area contributed by atoms with Gasteiger partial charge >= 0.3 is 0 Å². The Morgan fingerprint density at radius 2 is 1.94 bits per heavy atom. The van der Waals surface area contributed by atoms with E-state index in [1.165, 1.54) is 0 Å². The van der Waals surface area contributed by atoms with Gasteiger partial charge in [-0.1, -0.05) is 18.2 Å². The van der Waals surface area contributed by atoms with Crippen molar-refractivity contribution in [3.8, 4) is 0 Å². The number of benzene rings is 1. The maximum Gasteiger partial charge on any atom is 0.253 e. The van der Waals surface area contributed by atoms with Gasteiger partial charge in [0, 0.05) is 6.20 Å². The van der Waals surface area contributed by atoms with Crippen molar-refractivity contribution in [1.29, 1.82) is 0 Å². The first kappa shape index (κ1) is 12.1. The van der Waals surface area contributed by atoms with Gasteiger partial charge in [-0.05, 0) is 24.3 Å². The first-order chi connectivity index (χ1) is 8.81. The summed E-state index contributed by atoms with van der Waals surface area (Å²) in [5, 5.41) is 2.79. The van der Waals surface area contributed by atoms with Gasteiger partial charge in [-0.3, -0.25) is 15.6 Å². The molecule has 0 radical (unpaired) electrons. The van der Waals surface area contributed by atoms with Gasteiger partial charge in [0.15, 0.2) is 0 Å². The van der Waals surface area contributed by atoms with Crippen LogP contribution in [0, 0.1) is 0 Å². The van der Waals surface area contributed by atoms with Crippen LogP contribution in [0.25, 0.3) is 0 Å². The highest BCUT2D eigenvalue weighted by Crippen LogP contribution is 2.13. The number of nitrogens with one attached hydrogen (secondary N) is 2.